The number of rotatable bonds is 3. The number of carbonyl (C=O) groups is 1. The molecule has 3 aromatic rings. The standard InChI is InChI=1S/C20H20N2O3/c1-24-13-9-7-12(8-10-13)18-19-15(11-17(22-18)20(23)25-2)14-5-3-4-6-16(14)21-19/h3-10,17-18,21-22H,11H2,1-2H3/t17-,18-/m1/s1. The lowest BCUT2D eigenvalue weighted by Gasteiger charge is -2.30. The highest BCUT2D eigenvalue weighted by molar-refractivity contribution is 5.87. The van der Waals surface area contributed by atoms with E-state index in [9.17, 15) is 4.79 Å². The second-order valence-corrected chi connectivity index (χ2v) is 6.22. The molecule has 2 heterocycles. The van der Waals surface area contributed by atoms with Crippen molar-refractivity contribution in [1.82, 2.24) is 10.3 Å². The minimum atomic E-state index is -0.371. The number of ether oxygens (including phenoxy) is 2. The summed E-state index contributed by atoms with van der Waals surface area (Å²) in [5.74, 6) is 0.565. The van der Waals surface area contributed by atoms with Gasteiger partial charge in [0, 0.05) is 23.0 Å². The van der Waals surface area contributed by atoms with Crippen LogP contribution in [0.5, 0.6) is 5.75 Å². The molecule has 1 aliphatic heterocycles. The molecule has 0 fully saturated rings. The van der Waals surface area contributed by atoms with Crippen molar-refractivity contribution in [3.05, 3.63) is 65.4 Å². The maximum Gasteiger partial charge on any atom is 0.323 e. The first-order chi connectivity index (χ1) is 12.2. The lowest BCUT2D eigenvalue weighted by Crippen LogP contribution is -2.45. The molecule has 5 nitrogen and oxygen atoms in total. The van der Waals surface area contributed by atoms with Gasteiger partial charge in [0.15, 0.2) is 0 Å². The fourth-order valence-electron chi connectivity index (χ4n) is 3.59. The number of fused-ring (bicyclic) bond motifs is 3. The van der Waals surface area contributed by atoms with Crippen LogP contribution in [0, 0.1) is 0 Å². The van der Waals surface area contributed by atoms with Crippen molar-refractivity contribution in [2.45, 2.75) is 18.5 Å². The minimum Gasteiger partial charge on any atom is -0.497 e. The minimum absolute atomic E-state index is 0.105. The Morgan fingerprint density at radius 1 is 1.08 bits per heavy atom. The predicted molar refractivity (Wildman–Crippen MR) is 95.8 cm³/mol. The van der Waals surface area contributed by atoms with Crippen molar-refractivity contribution < 1.29 is 14.3 Å². The van der Waals surface area contributed by atoms with Crippen LogP contribution >= 0.6 is 0 Å². The molecule has 2 N–H and O–H groups in total. The van der Waals surface area contributed by atoms with Crippen LogP contribution in [-0.4, -0.2) is 31.2 Å². The summed E-state index contributed by atoms with van der Waals surface area (Å²) in [5.41, 5.74) is 4.43. The van der Waals surface area contributed by atoms with Crippen LogP contribution in [0.3, 0.4) is 0 Å². The van der Waals surface area contributed by atoms with Gasteiger partial charge in [0.25, 0.3) is 0 Å². The third kappa shape index (κ3) is 2.66. The third-order valence-corrected chi connectivity index (χ3v) is 4.85. The van der Waals surface area contributed by atoms with Crippen molar-refractivity contribution >= 4 is 16.9 Å². The van der Waals surface area contributed by atoms with Gasteiger partial charge in [-0.2, -0.15) is 0 Å². The number of para-hydroxylation sites is 1. The molecule has 1 aromatic heterocycles. The molecule has 4 rings (SSSR count). The van der Waals surface area contributed by atoms with E-state index in [1.54, 1.807) is 7.11 Å². The van der Waals surface area contributed by atoms with Crippen molar-refractivity contribution in [2.24, 2.45) is 0 Å². The molecule has 0 saturated heterocycles. The number of esters is 1. The number of hydrogen-bond acceptors (Lipinski definition) is 4. The topological polar surface area (TPSA) is 63.4 Å². The zero-order valence-electron chi connectivity index (χ0n) is 14.2. The number of H-pyrrole nitrogens is 1. The molecule has 2 atom stereocenters. The SMILES string of the molecule is COC(=O)[C@H]1Cc2c([nH]c3ccccc23)[C@@H](c2ccc(OC)cc2)N1. The van der Waals surface area contributed by atoms with E-state index in [1.807, 2.05) is 36.4 Å². The summed E-state index contributed by atoms with van der Waals surface area (Å²) in [7, 11) is 3.08. The fourth-order valence-corrected chi connectivity index (χ4v) is 3.59. The number of benzene rings is 2. The molecule has 0 aliphatic carbocycles. The molecular weight excluding hydrogens is 316 g/mol. The van der Waals surface area contributed by atoms with E-state index in [-0.39, 0.29) is 18.1 Å². The number of aromatic amines is 1. The number of carbonyl (C=O) groups excluding carboxylic acids is 1. The zero-order valence-corrected chi connectivity index (χ0v) is 14.2. The van der Waals surface area contributed by atoms with Gasteiger partial charge < -0.3 is 14.5 Å². The molecule has 0 bridgehead atoms. The van der Waals surface area contributed by atoms with Crippen LogP contribution in [0.4, 0.5) is 0 Å². The van der Waals surface area contributed by atoms with E-state index >= 15 is 0 Å². The maximum absolute atomic E-state index is 12.2. The normalized spacial score (nSPS) is 19.4. The molecule has 2 aromatic carbocycles. The van der Waals surface area contributed by atoms with Gasteiger partial charge >= 0.3 is 5.97 Å². The number of hydrogen-bond donors (Lipinski definition) is 2. The lowest BCUT2D eigenvalue weighted by atomic mass is 9.90. The maximum atomic E-state index is 12.2. The van der Waals surface area contributed by atoms with Gasteiger partial charge in [0.05, 0.1) is 20.3 Å². The highest BCUT2D eigenvalue weighted by atomic mass is 16.5. The highest BCUT2D eigenvalue weighted by Gasteiger charge is 2.34. The molecule has 1 aliphatic rings. The predicted octanol–water partition coefficient (Wildman–Crippen LogP) is 2.95. The summed E-state index contributed by atoms with van der Waals surface area (Å²) in [5, 5.41) is 4.59. The molecule has 5 heteroatoms. The van der Waals surface area contributed by atoms with Gasteiger partial charge in [-0.25, -0.2) is 0 Å². The van der Waals surface area contributed by atoms with E-state index < -0.39 is 0 Å². The first kappa shape index (κ1) is 15.7. The average molecular weight is 336 g/mol. The molecule has 0 amide bonds. The van der Waals surface area contributed by atoms with Crippen LogP contribution in [0.1, 0.15) is 22.9 Å². The molecule has 0 unspecified atom stereocenters. The molecule has 0 radical (unpaired) electrons. The van der Waals surface area contributed by atoms with E-state index in [0.717, 1.165) is 27.9 Å². The quantitative estimate of drug-likeness (QED) is 0.722. The van der Waals surface area contributed by atoms with E-state index in [2.05, 4.69) is 22.4 Å². The Morgan fingerprint density at radius 2 is 1.84 bits per heavy atom. The van der Waals surface area contributed by atoms with Crippen LogP contribution < -0.4 is 10.1 Å². The van der Waals surface area contributed by atoms with Crippen molar-refractivity contribution in [2.75, 3.05) is 14.2 Å². The van der Waals surface area contributed by atoms with E-state index in [1.165, 1.54) is 12.7 Å². The van der Waals surface area contributed by atoms with Crippen LogP contribution in [-0.2, 0) is 16.0 Å². The Hall–Kier alpha value is -2.79. The summed E-state index contributed by atoms with van der Waals surface area (Å²) >= 11 is 0. The third-order valence-electron chi connectivity index (χ3n) is 4.85. The van der Waals surface area contributed by atoms with Gasteiger partial charge in [-0.15, -0.1) is 0 Å². The second kappa shape index (κ2) is 6.26. The van der Waals surface area contributed by atoms with Crippen LogP contribution in [0.15, 0.2) is 48.5 Å². The molecular formula is C20H20N2O3. The first-order valence-electron chi connectivity index (χ1n) is 8.28. The summed E-state index contributed by atoms with van der Waals surface area (Å²) < 4.78 is 10.2. The summed E-state index contributed by atoms with van der Waals surface area (Å²) in [6, 6.07) is 15.6. The molecule has 128 valence electrons. The largest absolute Gasteiger partial charge is 0.497 e. The summed E-state index contributed by atoms with van der Waals surface area (Å²) in [6.07, 6.45) is 0.610. The van der Waals surface area contributed by atoms with Gasteiger partial charge in [-0.3, -0.25) is 10.1 Å². The highest BCUT2D eigenvalue weighted by Crippen LogP contribution is 2.35. The Morgan fingerprint density at radius 3 is 2.56 bits per heavy atom. The Kier molecular flexibility index (Phi) is 3.93. The summed E-state index contributed by atoms with van der Waals surface area (Å²) in [4.78, 5) is 15.7. The second-order valence-electron chi connectivity index (χ2n) is 6.22. The monoisotopic (exact) mass is 336 g/mol. The molecule has 25 heavy (non-hydrogen) atoms. The van der Waals surface area contributed by atoms with Crippen molar-refractivity contribution in [3.63, 3.8) is 0 Å². The summed E-state index contributed by atoms with van der Waals surface area (Å²) in [6.45, 7) is 0. The smallest absolute Gasteiger partial charge is 0.323 e. The Bertz CT molecular complexity index is 914. The number of methoxy groups -OCH3 is 2. The average Bonchev–Trinajstić information content (AvgIpc) is 3.05. The molecule has 0 saturated carbocycles. The van der Waals surface area contributed by atoms with Gasteiger partial charge in [0.1, 0.15) is 11.8 Å². The van der Waals surface area contributed by atoms with E-state index in [0.29, 0.717) is 6.42 Å². The zero-order chi connectivity index (χ0) is 17.4. The van der Waals surface area contributed by atoms with Gasteiger partial charge in [0.2, 0.25) is 0 Å². The molecule has 0 spiro atoms. The fraction of sp³-hybridized carbons (Fsp3) is 0.250. The van der Waals surface area contributed by atoms with Gasteiger partial charge in [-0.1, -0.05) is 30.3 Å². The van der Waals surface area contributed by atoms with Crippen LogP contribution in [0.25, 0.3) is 10.9 Å². The first-order valence-corrected chi connectivity index (χ1v) is 8.28. The van der Waals surface area contributed by atoms with Gasteiger partial charge in [-0.05, 0) is 29.3 Å². The number of aromatic nitrogens is 1. The Balaban J connectivity index is 1.83. The Labute approximate surface area is 146 Å². The van der Waals surface area contributed by atoms with Crippen LogP contribution in [0.2, 0.25) is 0 Å². The van der Waals surface area contributed by atoms with E-state index in [4.69, 9.17) is 9.47 Å². The lowest BCUT2D eigenvalue weighted by molar-refractivity contribution is -0.143. The van der Waals surface area contributed by atoms with Crippen molar-refractivity contribution in [3.8, 4) is 5.75 Å². The van der Waals surface area contributed by atoms with Crippen molar-refractivity contribution in [1.29, 1.82) is 0 Å². The number of nitrogens with one attached hydrogen (secondary N) is 2.